The third kappa shape index (κ3) is 4.84. The summed E-state index contributed by atoms with van der Waals surface area (Å²) >= 11 is 0. The number of aryl methyl sites for hydroxylation is 1. The van der Waals surface area contributed by atoms with Gasteiger partial charge in [0, 0.05) is 48.7 Å². The topological polar surface area (TPSA) is 159 Å². The number of rotatable bonds is 6. The molecule has 0 spiro atoms. The number of nitrogens with one attached hydrogen (secondary N) is 2. The summed E-state index contributed by atoms with van der Waals surface area (Å²) in [5.74, 6) is 0.481. The van der Waals surface area contributed by atoms with E-state index >= 15 is 0 Å². The van der Waals surface area contributed by atoms with Crippen molar-refractivity contribution in [3.63, 3.8) is 0 Å². The number of esters is 1. The number of ether oxygens (including phenoxy) is 4. The summed E-state index contributed by atoms with van der Waals surface area (Å²) in [7, 11) is 3.46. The molecule has 242 valence electrons. The number of methoxy groups -OCH3 is 1. The smallest absolute Gasteiger partial charge is 0.308 e. The zero-order chi connectivity index (χ0) is 32.5. The van der Waals surface area contributed by atoms with Crippen molar-refractivity contribution in [1.82, 2.24) is 20.4 Å². The van der Waals surface area contributed by atoms with E-state index in [0.29, 0.717) is 52.5 Å². The Hall–Kier alpha value is -4.07. The molecule has 2 amide bonds. The third-order valence-corrected chi connectivity index (χ3v) is 9.63. The number of aliphatic hydroxyl groups is 1. The van der Waals surface area contributed by atoms with Crippen molar-refractivity contribution in [2.24, 2.45) is 0 Å². The quantitative estimate of drug-likeness (QED) is 0.273. The van der Waals surface area contributed by atoms with Crippen LogP contribution < -0.4 is 29.6 Å². The number of carbonyl (C=O) groups is 3. The summed E-state index contributed by atoms with van der Waals surface area (Å²) in [6.45, 7) is 7.96. The molecule has 0 aliphatic carbocycles. The Labute approximate surface area is 261 Å². The lowest BCUT2D eigenvalue weighted by molar-refractivity contribution is -0.172. The van der Waals surface area contributed by atoms with Crippen molar-refractivity contribution < 1.29 is 43.5 Å². The molecule has 4 heterocycles. The standard InChI is InChI=1S/C32H40N4O9/c1-13-8-18-9-21-32(41)36-20(25(35(21)6)23(18)26(39)27(13)42-7)10-19-24(22(36)11-33-31(40)15(3)34-16(4)37)30-29(43-12-44-30)14(2)28(19)45-17(5)38/h8,15,20-22,25,32,39,41H,9-12H2,1-7H3,(H,33,40)(H,34,37)/t15-,20?,21-,22-,25-,32-/m0/s1. The molecule has 4 aliphatic heterocycles. The highest BCUT2D eigenvalue weighted by molar-refractivity contribution is 5.86. The molecular weight excluding hydrogens is 584 g/mol. The number of phenolic OH excluding ortho intramolecular Hbond substituents is 1. The molecule has 4 aliphatic rings. The molecule has 2 aromatic rings. The van der Waals surface area contributed by atoms with E-state index in [1.165, 1.54) is 21.0 Å². The summed E-state index contributed by atoms with van der Waals surface area (Å²) in [6.07, 6.45) is -0.176. The number of hydrogen-bond donors (Lipinski definition) is 4. The second-order valence-corrected chi connectivity index (χ2v) is 12.4. The normalized spacial score (nSPS) is 25.4. The lowest BCUT2D eigenvalue weighted by Gasteiger charge is -2.60. The zero-order valence-corrected chi connectivity index (χ0v) is 26.5. The molecule has 13 heteroatoms. The maximum absolute atomic E-state index is 13.1. The average Bonchev–Trinajstić information content (AvgIpc) is 3.46. The van der Waals surface area contributed by atoms with Crippen molar-refractivity contribution in [2.45, 2.75) is 83.9 Å². The minimum absolute atomic E-state index is 0.0366. The number of likely N-dealkylation sites (N-methyl/N-ethyl adjacent to an activating group) is 1. The van der Waals surface area contributed by atoms with Crippen molar-refractivity contribution in [3.8, 4) is 28.7 Å². The van der Waals surface area contributed by atoms with Gasteiger partial charge in [-0.3, -0.25) is 24.2 Å². The van der Waals surface area contributed by atoms with Crippen molar-refractivity contribution in [1.29, 1.82) is 0 Å². The van der Waals surface area contributed by atoms with Gasteiger partial charge in [-0.25, -0.2) is 0 Å². The number of amides is 2. The first kappa shape index (κ1) is 30.9. The molecule has 0 saturated carbocycles. The van der Waals surface area contributed by atoms with Crippen LogP contribution in [-0.2, 0) is 27.2 Å². The van der Waals surface area contributed by atoms with E-state index in [-0.39, 0.29) is 31.0 Å². The third-order valence-electron chi connectivity index (χ3n) is 9.63. The molecule has 13 nitrogen and oxygen atoms in total. The molecule has 4 N–H and O–H groups in total. The average molecular weight is 625 g/mol. The maximum Gasteiger partial charge on any atom is 0.308 e. The molecule has 2 aromatic carbocycles. The fourth-order valence-electron chi connectivity index (χ4n) is 7.84. The second-order valence-electron chi connectivity index (χ2n) is 12.4. The first-order valence-corrected chi connectivity index (χ1v) is 15.1. The van der Waals surface area contributed by atoms with E-state index in [2.05, 4.69) is 15.5 Å². The van der Waals surface area contributed by atoms with Crippen LogP contribution in [0, 0.1) is 13.8 Å². The highest BCUT2D eigenvalue weighted by Crippen LogP contribution is 2.58. The number of piperazine rings is 1. The van der Waals surface area contributed by atoms with Gasteiger partial charge < -0.3 is 39.8 Å². The largest absolute Gasteiger partial charge is 0.504 e. The van der Waals surface area contributed by atoms with E-state index in [0.717, 1.165) is 16.7 Å². The Kier molecular flexibility index (Phi) is 7.82. The van der Waals surface area contributed by atoms with E-state index in [1.54, 1.807) is 13.8 Å². The molecule has 2 bridgehead atoms. The SMILES string of the molecule is COc1c(C)cc2c(c1O)[C@@H]1C3Cc4c(OC(C)=O)c(C)c5c(c4[C@H](CNC(=O)[C@H](C)NC(C)=O)N3[C@@H](O)[C@H](C2)N1C)OCO5. The minimum Gasteiger partial charge on any atom is -0.504 e. The number of fused-ring (bicyclic) bond motifs is 9. The molecule has 1 unspecified atom stereocenters. The Balaban J connectivity index is 1.54. The zero-order valence-electron chi connectivity index (χ0n) is 26.5. The Morgan fingerprint density at radius 3 is 2.47 bits per heavy atom. The summed E-state index contributed by atoms with van der Waals surface area (Å²) < 4.78 is 23.3. The van der Waals surface area contributed by atoms with Gasteiger partial charge in [-0.2, -0.15) is 0 Å². The van der Waals surface area contributed by atoms with Gasteiger partial charge >= 0.3 is 5.97 Å². The van der Waals surface area contributed by atoms with Crippen LogP contribution in [0.25, 0.3) is 0 Å². The van der Waals surface area contributed by atoms with Gasteiger partial charge in [-0.15, -0.1) is 0 Å². The molecule has 0 aromatic heterocycles. The maximum atomic E-state index is 13.1. The highest BCUT2D eigenvalue weighted by Gasteiger charge is 2.56. The van der Waals surface area contributed by atoms with Gasteiger partial charge in [0.1, 0.15) is 18.0 Å². The van der Waals surface area contributed by atoms with Crippen molar-refractivity contribution in [2.75, 3.05) is 27.5 Å². The van der Waals surface area contributed by atoms with Crippen LogP contribution >= 0.6 is 0 Å². The number of carbonyl (C=O) groups excluding carboxylic acids is 3. The van der Waals surface area contributed by atoms with Crippen LogP contribution in [-0.4, -0.2) is 89.6 Å². The highest BCUT2D eigenvalue weighted by atomic mass is 16.7. The summed E-state index contributed by atoms with van der Waals surface area (Å²) in [6, 6.07) is -0.604. The first-order chi connectivity index (χ1) is 21.3. The molecule has 0 radical (unpaired) electrons. The van der Waals surface area contributed by atoms with Crippen LogP contribution in [0.4, 0.5) is 0 Å². The van der Waals surface area contributed by atoms with Gasteiger partial charge in [0.05, 0.1) is 25.2 Å². The Bertz CT molecular complexity index is 1590. The molecule has 1 saturated heterocycles. The van der Waals surface area contributed by atoms with E-state index < -0.39 is 42.3 Å². The second kappa shape index (κ2) is 11.4. The van der Waals surface area contributed by atoms with Gasteiger partial charge in [-0.05, 0) is 51.8 Å². The lowest BCUT2D eigenvalue weighted by Crippen LogP contribution is -2.69. The number of aliphatic hydroxyl groups excluding tert-OH is 1. The van der Waals surface area contributed by atoms with Crippen LogP contribution in [0.2, 0.25) is 0 Å². The fraction of sp³-hybridized carbons (Fsp3) is 0.531. The van der Waals surface area contributed by atoms with Gasteiger partial charge in [0.2, 0.25) is 18.6 Å². The van der Waals surface area contributed by atoms with Gasteiger partial charge in [0.25, 0.3) is 0 Å². The molecular formula is C32H40N4O9. The van der Waals surface area contributed by atoms with Crippen LogP contribution in [0.1, 0.15) is 66.2 Å². The minimum atomic E-state index is -0.978. The summed E-state index contributed by atoms with van der Waals surface area (Å²) in [5.41, 5.74) is 4.41. The Morgan fingerprint density at radius 1 is 1.09 bits per heavy atom. The molecule has 45 heavy (non-hydrogen) atoms. The molecule has 6 atom stereocenters. The fourth-order valence-corrected chi connectivity index (χ4v) is 7.84. The number of hydrogen-bond acceptors (Lipinski definition) is 11. The first-order valence-electron chi connectivity index (χ1n) is 15.1. The van der Waals surface area contributed by atoms with Crippen LogP contribution in [0.15, 0.2) is 6.07 Å². The van der Waals surface area contributed by atoms with E-state index in [9.17, 15) is 24.6 Å². The summed E-state index contributed by atoms with van der Waals surface area (Å²) in [5, 5.41) is 29.3. The van der Waals surface area contributed by atoms with Crippen LogP contribution in [0.3, 0.4) is 0 Å². The number of nitrogens with zero attached hydrogens (tertiary/aromatic N) is 2. The van der Waals surface area contributed by atoms with Crippen molar-refractivity contribution in [3.05, 3.63) is 39.4 Å². The number of benzene rings is 2. The van der Waals surface area contributed by atoms with E-state index in [1.807, 2.05) is 24.9 Å². The predicted molar refractivity (Wildman–Crippen MR) is 160 cm³/mol. The van der Waals surface area contributed by atoms with E-state index in [4.69, 9.17) is 18.9 Å². The molecule has 6 rings (SSSR count). The van der Waals surface area contributed by atoms with Crippen LogP contribution in [0.5, 0.6) is 28.7 Å². The Morgan fingerprint density at radius 2 is 1.80 bits per heavy atom. The van der Waals surface area contributed by atoms with Crippen molar-refractivity contribution >= 4 is 17.8 Å². The summed E-state index contributed by atoms with van der Waals surface area (Å²) in [4.78, 5) is 41.2. The van der Waals surface area contributed by atoms with Gasteiger partial charge in [0.15, 0.2) is 23.0 Å². The number of phenols is 1. The van der Waals surface area contributed by atoms with Gasteiger partial charge in [-0.1, -0.05) is 6.07 Å². The monoisotopic (exact) mass is 624 g/mol. The number of aromatic hydroxyl groups is 1. The predicted octanol–water partition coefficient (Wildman–Crippen LogP) is 1.51. The lowest BCUT2D eigenvalue weighted by atomic mass is 9.73. The molecule has 1 fully saturated rings.